The van der Waals surface area contributed by atoms with E-state index in [9.17, 15) is 9.59 Å². The molecule has 1 aromatic heterocycles. The molecule has 0 aliphatic carbocycles. The average Bonchev–Trinajstić information content (AvgIpc) is 2.69. The maximum Gasteiger partial charge on any atom is 0.253 e. The smallest absolute Gasteiger partial charge is 0.253 e. The molecule has 5 heteroatoms. The van der Waals surface area contributed by atoms with Gasteiger partial charge in [-0.2, -0.15) is 0 Å². The van der Waals surface area contributed by atoms with Crippen LogP contribution in [0.5, 0.6) is 5.75 Å². The summed E-state index contributed by atoms with van der Waals surface area (Å²) in [7, 11) is 0. The number of rotatable bonds is 6. The van der Waals surface area contributed by atoms with E-state index >= 15 is 0 Å². The Morgan fingerprint density at radius 2 is 1.72 bits per heavy atom. The Labute approximate surface area is 170 Å². The van der Waals surface area contributed by atoms with Gasteiger partial charge in [0.25, 0.3) is 11.5 Å². The van der Waals surface area contributed by atoms with Gasteiger partial charge in [-0.15, -0.1) is 0 Å². The highest BCUT2D eigenvalue weighted by Crippen LogP contribution is 2.24. The second kappa shape index (κ2) is 8.78. The van der Waals surface area contributed by atoms with E-state index in [0.717, 1.165) is 28.1 Å². The van der Waals surface area contributed by atoms with Crippen LogP contribution in [0.1, 0.15) is 51.3 Å². The molecule has 1 heterocycles. The standard InChI is InChI=1S/C24H26N2O3/c1-15-7-5-6-8-22(15)29-18(4)19-9-11-20(12-10-19)23(27)25-14-21-16(2)13-17(3)26-24(21)28/h5-13,18H,14H2,1-4H3,(H,25,27)(H,26,28). The molecule has 0 spiro atoms. The van der Waals surface area contributed by atoms with Crippen LogP contribution in [0.25, 0.3) is 0 Å². The minimum atomic E-state index is -0.219. The van der Waals surface area contributed by atoms with E-state index in [4.69, 9.17) is 4.74 Å². The number of aromatic amines is 1. The molecule has 0 radical (unpaired) electrons. The molecular formula is C24H26N2O3. The van der Waals surface area contributed by atoms with Crippen LogP contribution < -0.4 is 15.6 Å². The van der Waals surface area contributed by atoms with Gasteiger partial charge in [0.1, 0.15) is 11.9 Å². The fraction of sp³-hybridized carbons (Fsp3) is 0.250. The predicted octanol–water partition coefficient (Wildman–Crippen LogP) is 4.37. The molecule has 150 valence electrons. The zero-order chi connectivity index (χ0) is 21.0. The van der Waals surface area contributed by atoms with Crippen LogP contribution in [0, 0.1) is 20.8 Å². The first-order valence-corrected chi connectivity index (χ1v) is 9.65. The van der Waals surface area contributed by atoms with Crippen molar-refractivity contribution in [2.45, 2.75) is 40.3 Å². The molecule has 0 fully saturated rings. The second-order valence-corrected chi connectivity index (χ2v) is 7.27. The summed E-state index contributed by atoms with van der Waals surface area (Å²) in [6.45, 7) is 7.88. The van der Waals surface area contributed by atoms with Crippen molar-refractivity contribution in [2.24, 2.45) is 0 Å². The van der Waals surface area contributed by atoms with Crippen molar-refractivity contribution < 1.29 is 9.53 Å². The molecule has 3 rings (SSSR count). The summed E-state index contributed by atoms with van der Waals surface area (Å²) in [5, 5.41) is 2.82. The molecule has 29 heavy (non-hydrogen) atoms. The van der Waals surface area contributed by atoms with Gasteiger partial charge in [0.2, 0.25) is 0 Å². The molecule has 0 aliphatic heterocycles. The molecule has 1 amide bonds. The fourth-order valence-corrected chi connectivity index (χ4v) is 3.22. The Hall–Kier alpha value is -3.34. The number of carbonyl (C=O) groups excluding carboxylic acids is 1. The fourth-order valence-electron chi connectivity index (χ4n) is 3.22. The number of hydrogen-bond donors (Lipinski definition) is 2. The van der Waals surface area contributed by atoms with Gasteiger partial charge in [-0.1, -0.05) is 30.3 Å². The molecule has 0 saturated carbocycles. The summed E-state index contributed by atoms with van der Waals surface area (Å²) in [6.07, 6.45) is -0.137. The number of carbonyl (C=O) groups is 1. The van der Waals surface area contributed by atoms with Gasteiger partial charge in [-0.3, -0.25) is 9.59 Å². The summed E-state index contributed by atoms with van der Waals surface area (Å²) in [5.74, 6) is 0.629. The third kappa shape index (κ3) is 4.93. The lowest BCUT2D eigenvalue weighted by atomic mass is 10.1. The van der Waals surface area contributed by atoms with Crippen LogP contribution in [-0.2, 0) is 6.54 Å². The summed E-state index contributed by atoms with van der Waals surface area (Å²) in [4.78, 5) is 27.3. The van der Waals surface area contributed by atoms with E-state index in [1.807, 2.05) is 70.2 Å². The lowest BCUT2D eigenvalue weighted by Gasteiger charge is -2.17. The summed E-state index contributed by atoms with van der Waals surface area (Å²) < 4.78 is 6.03. The van der Waals surface area contributed by atoms with E-state index < -0.39 is 0 Å². The van der Waals surface area contributed by atoms with Gasteiger partial charge < -0.3 is 15.0 Å². The zero-order valence-electron chi connectivity index (χ0n) is 17.2. The Bertz CT molecular complexity index is 1070. The van der Waals surface area contributed by atoms with Gasteiger partial charge in [0.15, 0.2) is 0 Å². The lowest BCUT2D eigenvalue weighted by molar-refractivity contribution is 0.0950. The van der Waals surface area contributed by atoms with Crippen molar-refractivity contribution >= 4 is 5.91 Å². The number of aryl methyl sites for hydroxylation is 3. The van der Waals surface area contributed by atoms with E-state index in [2.05, 4.69) is 10.3 Å². The third-order valence-electron chi connectivity index (χ3n) is 4.96. The molecule has 2 aromatic carbocycles. The van der Waals surface area contributed by atoms with Crippen molar-refractivity contribution in [3.63, 3.8) is 0 Å². The zero-order valence-corrected chi connectivity index (χ0v) is 17.2. The second-order valence-electron chi connectivity index (χ2n) is 7.27. The third-order valence-corrected chi connectivity index (χ3v) is 4.96. The van der Waals surface area contributed by atoms with Gasteiger partial charge in [-0.05, 0) is 68.7 Å². The monoisotopic (exact) mass is 390 g/mol. The highest BCUT2D eigenvalue weighted by atomic mass is 16.5. The molecule has 5 nitrogen and oxygen atoms in total. The SMILES string of the molecule is Cc1cc(C)c(CNC(=O)c2ccc(C(C)Oc3ccccc3C)cc2)c(=O)[nH]1. The number of para-hydroxylation sites is 1. The number of hydrogen-bond acceptors (Lipinski definition) is 3. The molecule has 0 aliphatic rings. The van der Waals surface area contributed by atoms with Crippen molar-refractivity contribution in [1.29, 1.82) is 0 Å². The van der Waals surface area contributed by atoms with E-state index in [0.29, 0.717) is 11.1 Å². The lowest BCUT2D eigenvalue weighted by Crippen LogP contribution is -2.27. The highest BCUT2D eigenvalue weighted by molar-refractivity contribution is 5.94. The van der Waals surface area contributed by atoms with Crippen LogP contribution in [0.2, 0.25) is 0 Å². The number of ether oxygens (including phenoxy) is 1. The van der Waals surface area contributed by atoms with Gasteiger partial charge in [0, 0.05) is 23.4 Å². The highest BCUT2D eigenvalue weighted by Gasteiger charge is 2.12. The van der Waals surface area contributed by atoms with E-state index in [1.54, 1.807) is 12.1 Å². The molecular weight excluding hydrogens is 364 g/mol. The normalized spacial score (nSPS) is 11.7. The van der Waals surface area contributed by atoms with Gasteiger partial charge in [0.05, 0.1) is 0 Å². The van der Waals surface area contributed by atoms with Gasteiger partial charge in [-0.25, -0.2) is 0 Å². The average molecular weight is 390 g/mol. The number of aromatic nitrogens is 1. The van der Waals surface area contributed by atoms with Gasteiger partial charge >= 0.3 is 0 Å². The Morgan fingerprint density at radius 3 is 2.38 bits per heavy atom. The maximum absolute atomic E-state index is 12.5. The van der Waals surface area contributed by atoms with Crippen LogP contribution in [0.4, 0.5) is 0 Å². The molecule has 2 N–H and O–H groups in total. The van der Waals surface area contributed by atoms with Crippen molar-refractivity contribution in [3.8, 4) is 5.75 Å². The summed E-state index contributed by atoms with van der Waals surface area (Å²) in [6, 6.07) is 17.1. The van der Waals surface area contributed by atoms with E-state index in [1.165, 1.54) is 0 Å². The van der Waals surface area contributed by atoms with E-state index in [-0.39, 0.29) is 24.1 Å². The minimum Gasteiger partial charge on any atom is -0.486 e. The van der Waals surface area contributed by atoms with Crippen molar-refractivity contribution in [1.82, 2.24) is 10.3 Å². The first kappa shape index (κ1) is 20.4. The summed E-state index contributed by atoms with van der Waals surface area (Å²) >= 11 is 0. The maximum atomic E-state index is 12.5. The van der Waals surface area contributed by atoms with Crippen LogP contribution in [0.3, 0.4) is 0 Å². The Balaban J connectivity index is 1.64. The minimum absolute atomic E-state index is 0.137. The van der Waals surface area contributed by atoms with Crippen molar-refractivity contribution in [3.05, 3.63) is 98.5 Å². The predicted molar refractivity (Wildman–Crippen MR) is 114 cm³/mol. The Kier molecular flexibility index (Phi) is 6.17. The number of H-pyrrole nitrogens is 1. The van der Waals surface area contributed by atoms with Crippen LogP contribution in [0.15, 0.2) is 59.4 Å². The topological polar surface area (TPSA) is 71.2 Å². The summed E-state index contributed by atoms with van der Waals surface area (Å²) in [5.41, 5.74) is 4.68. The number of amides is 1. The molecule has 1 unspecified atom stereocenters. The van der Waals surface area contributed by atoms with Crippen molar-refractivity contribution in [2.75, 3.05) is 0 Å². The number of benzene rings is 2. The quantitative estimate of drug-likeness (QED) is 0.656. The largest absolute Gasteiger partial charge is 0.486 e. The molecule has 3 aromatic rings. The number of nitrogens with one attached hydrogen (secondary N) is 2. The number of pyridine rings is 1. The van der Waals surface area contributed by atoms with Crippen LogP contribution >= 0.6 is 0 Å². The Morgan fingerprint density at radius 1 is 1.03 bits per heavy atom. The van der Waals surface area contributed by atoms with Crippen LogP contribution in [-0.4, -0.2) is 10.9 Å². The first-order valence-electron chi connectivity index (χ1n) is 9.65. The molecule has 1 atom stereocenters. The first-order chi connectivity index (χ1) is 13.8. The molecule has 0 bridgehead atoms. The molecule has 0 saturated heterocycles.